The van der Waals surface area contributed by atoms with Gasteiger partial charge in [0.25, 0.3) is 5.91 Å². The van der Waals surface area contributed by atoms with Crippen molar-refractivity contribution in [1.29, 1.82) is 0 Å². The molecule has 1 unspecified atom stereocenters. The number of pyridine rings is 1. The molecule has 1 saturated heterocycles. The van der Waals surface area contributed by atoms with E-state index in [1.165, 1.54) is 11.1 Å². The summed E-state index contributed by atoms with van der Waals surface area (Å²) in [6.45, 7) is 3.12. The smallest absolute Gasteiger partial charge is 0.253 e. The minimum absolute atomic E-state index is 0.0306. The standard InChI is InChI=1S/C21H25N3O2/c25-21(18-13-20(15-22-14-18)24-8-10-26-11-9-24)23-19-7-3-6-16-4-1-2-5-17(16)12-19/h1-2,4-5,13-15,19H,3,6-12H2,(H,23,25). The monoisotopic (exact) mass is 351 g/mol. The Labute approximate surface area is 154 Å². The molecule has 1 aromatic carbocycles. The number of hydrogen-bond acceptors (Lipinski definition) is 4. The Hall–Kier alpha value is -2.40. The van der Waals surface area contributed by atoms with Crippen LogP contribution in [0.15, 0.2) is 42.7 Å². The van der Waals surface area contributed by atoms with Gasteiger partial charge in [-0.25, -0.2) is 0 Å². The SMILES string of the molecule is O=C(NC1CCCc2ccccc2C1)c1cncc(N2CCOCC2)c1. The molecule has 1 N–H and O–H groups in total. The third kappa shape index (κ3) is 3.88. The number of carbonyl (C=O) groups excluding carboxylic acids is 1. The van der Waals surface area contributed by atoms with Crippen LogP contribution < -0.4 is 10.2 Å². The number of hydrogen-bond donors (Lipinski definition) is 1. The van der Waals surface area contributed by atoms with Crippen LogP contribution >= 0.6 is 0 Å². The van der Waals surface area contributed by atoms with Gasteiger partial charge in [0, 0.05) is 25.3 Å². The molecule has 0 saturated carbocycles. The van der Waals surface area contributed by atoms with Crippen LogP contribution in [0.5, 0.6) is 0 Å². The Morgan fingerprint density at radius 2 is 1.96 bits per heavy atom. The topological polar surface area (TPSA) is 54.5 Å². The van der Waals surface area contributed by atoms with E-state index in [-0.39, 0.29) is 11.9 Å². The molecule has 1 atom stereocenters. The molecular weight excluding hydrogens is 326 g/mol. The number of ether oxygens (including phenoxy) is 1. The molecule has 0 radical (unpaired) electrons. The van der Waals surface area contributed by atoms with Crippen LogP contribution in [0.4, 0.5) is 5.69 Å². The summed E-state index contributed by atoms with van der Waals surface area (Å²) in [5.41, 5.74) is 4.40. The molecular formula is C21H25N3O2. The Kier molecular flexibility index (Phi) is 5.16. The number of rotatable bonds is 3. The number of anilines is 1. The van der Waals surface area contributed by atoms with E-state index in [0.717, 1.165) is 57.7 Å². The maximum atomic E-state index is 12.8. The molecule has 1 amide bonds. The maximum absolute atomic E-state index is 12.8. The Balaban J connectivity index is 1.45. The van der Waals surface area contributed by atoms with Crippen LogP contribution in [0.25, 0.3) is 0 Å². The van der Waals surface area contributed by atoms with E-state index in [1.807, 2.05) is 12.3 Å². The van der Waals surface area contributed by atoms with E-state index in [2.05, 4.69) is 39.5 Å². The number of morpholine rings is 1. The van der Waals surface area contributed by atoms with Gasteiger partial charge in [-0.05, 0) is 42.9 Å². The molecule has 2 aliphatic rings. The summed E-state index contributed by atoms with van der Waals surface area (Å²) in [4.78, 5) is 19.3. The number of aryl methyl sites for hydroxylation is 1. The second kappa shape index (κ2) is 7.87. The van der Waals surface area contributed by atoms with Crippen LogP contribution in [0, 0.1) is 0 Å². The minimum atomic E-state index is -0.0306. The van der Waals surface area contributed by atoms with E-state index < -0.39 is 0 Å². The van der Waals surface area contributed by atoms with Crippen molar-refractivity contribution in [1.82, 2.24) is 10.3 Å². The van der Waals surface area contributed by atoms with Gasteiger partial charge in [-0.1, -0.05) is 24.3 Å². The summed E-state index contributed by atoms with van der Waals surface area (Å²) in [7, 11) is 0. The molecule has 1 fully saturated rings. The molecule has 0 bridgehead atoms. The van der Waals surface area contributed by atoms with E-state index >= 15 is 0 Å². The molecule has 5 nitrogen and oxygen atoms in total. The number of carbonyl (C=O) groups is 1. The van der Waals surface area contributed by atoms with Gasteiger partial charge >= 0.3 is 0 Å². The lowest BCUT2D eigenvalue weighted by Crippen LogP contribution is -2.37. The highest BCUT2D eigenvalue weighted by Crippen LogP contribution is 2.21. The average Bonchev–Trinajstić information content (AvgIpc) is 2.90. The highest BCUT2D eigenvalue weighted by molar-refractivity contribution is 5.95. The number of fused-ring (bicyclic) bond motifs is 1. The molecule has 2 heterocycles. The summed E-state index contributed by atoms with van der Waals surface area (Å²) in [5, 5.41) is 3.22. The number of benzene rings is 1. The first-order chi connectivity index (χ1) is 12.8. The summed E-state index contributed by atoms with van der Waals surface area (Å²) < 4.78 is 5.40. The minimum Gasteiger partial charge on any atom is -0.378 e. The van der Waals surface area contributed by atoms with Gasteiger partial charge in [-0.3, -0.25) is 9.78 Å². The Morgan fingerprint density at radius 1 is 1.15 bits per heavy atom. The van der Waals surface area contributed by atoms with Crippen molar-refractivity contribution >= 4 is 11.6 Å². The van der Waals surface area contributed by atoms with Crippen molar-refractivity contribution < 1.29 is 9.53 Å². The van der Waals surface area contributed by atoms with Gasteiger partial charge in [0.2, 0.25) is 0 Å². The first kappa shape index (κ1) is 17.0. The summed E-state index contributed by atoms with van der Waals surface area (Å²) in [5.74, 6) is -0.0306. The van der Waals surface area contributed by atoms with Crippen LogP contribution in [0.1, 0.15) is 34.3 Å². The van der Waals surface area contributed by atoms with Crippen molar-refractivity contribution in [2.24, 2.45) is 0 Å². The molecule has 136 valence electrons. The fraction of sp³-hybridized carbons (Fsp3) is 0.429. The molecule has 0 spiro atoms. The van der Waals surface area contributed by atoms with Crippen molar-refractivity contribution in [2.45, 2.75) is 31.7 Å². The van der Waals surface area contributed by atoms with Crippen LogP contribution in [0.3, 0.4) is 0 Å². The molecule has 1 aliphatic heterocycles. The van der Waals surface area contributed by atoms with Crippen LogP contribution in [0.2, 0.25) is 0 Å². The van der Waals surface area contributed by atoms with Gasteiger partial charge in [-0.2, -0.15) is 0 Å². The van der Waals surface area contributed by atoms with Gasteiger partial charge in [0.05, 0.1) is 30.7 Å². The number of amides is 1. The number of nitrogens with one attached hydrogen (secondary N) is 1. The van der Waals surface area contributed by atoms with Gasteiger partial charge in [0.15, 0.2) is 0 Å². The lowest BCUT2D eigenvalue weighted by atomic mass is 10.0. The third-order valence-corrected chi connectivity index (χ3v) is 5.28. The second-order valence-electron chi connectivity index (χ2n) is 7.07. The van der Waals surface area contributed by atoms with Gasteiger partial charge < -0.3 is 15.0 Å². The highest BCUT2D eigenvalue weighted by atomic mass is 16.5. The average molecular weight is 351 g/mol. The largest absolute Gasteiger partial charge is 0.378 e. The zero-order valence-electron chi connectivity index (χ0n) is 15.0. The van der Waals surface area contributed by atoms with E-state index in [4.69, 9.17) is 4.74 Å². The van der Waals surface area contributed by atoms with Crippen molar-refractivity contribution in [2.75, 3.05) is 31.2 Å². The fourth-order valence-electron chi connectivity index (χ4n) is 3.85. The summed E-state index contributed by atoms with van der Waals surface area (Å²) >= 11 is 0. The van der Waals surface area contributed by atoms with Gasteiger partial charge in [-0.15, -0.1) is 0 Å². The third-order valence-electron chi connectivity index (χ3n) is 5.28. The van der Waals surface area contributed by atoms with Crippen LogP contribution in [-0.2, 0) is 17.6 Å². The molecule has 1 aliphatic carbocycles. The van der Waals surface area contributed by atoms with E-state index in [9.17, 15) is 4.79 Å². The lowest BCUT2D eigenvalue weighted by Gasteiger charge is -2.28. The molecule has 5 heteroatoms. The van der Waals surface area contributed by atoms with E-state index in [0.29, 0.717) is 5.56 Å². The summed E-state index contributed by atoms with van der Waals surface area (Å²) in [6.07, 6.45) is 7.59. The highest BCUT2D eigenvalue weighted by Gasteiger charge is 2.20. The van der Waals surface area contributed by atoms with Crippen molar-refractivity contribution in [3.8, 4) is 0 Å². The first-order valence-electron chi connectivity index (χ1n) is 9.45. The van der Waals surface area contributed by atoms with Crippen LogP contribution in [-0.4, -0.2) is 43.2 Å². The first-order valence-corrected chi connectivity index (χ1v) is 9.45. The molecule has 4 rings (SSSR count). The Bertz CT molecular complexity index is 771. The normalized spacial score (nSPS) is 20.2. The second-order valence-corrected chi connectivity index (χ2v) is 7.07. The van der Waals surface area contributed by atoms with Crippen molar-refractivity contribution in [3.05, 3.63) is 59.4 Å². The predicted molar refractivity (Wildman–Crippen MR) is 102 cm³/mol. The zero-order chi connectivity index (χ0) is 17.8. The number of nitrogens with zero attached hydrogens (tertiary/aromatic N) is 2. The fourth-order valence-corrected chi connectivity index (χ4v) is 3.85. The number of aromatic nitrogens is 1. The maximum Gasteiger partial charge on any atom is 0.253 e. The van der Waals surface area contributed by atoms with Crippen molar-refractivity contribution in [3.63, 3.8) is 0 Å². The quantitative estimate of drug-likeness (QED) is 0.864. The predicted octanol–water partition coefficient (Wildman–Crippen LogP) is 2.60. The molecule has 2 aromatic rings. The molecule has 26 heavy (non-hydrogen) atoms. The lowest BCUT2D eigenvalue weighted by molar-refractivity contribution is 0.0934. The summed E-state index contributed by atoms with van der Waals surface area (Å²) in [6, 6.07) is 10.7. The van der Waals surface area contributed by atoms with Gasteiger partial charge in [0.1, 0.15) is 0 Å². The zero-order valence-corrected chi connectivity index (χ0v) is 15.0. The Morgan fingerprint density at radius 3 is 2.81 bits per heavy atom. The van der Waals surface area contributed by atoms with E-state index in [1.54, 1.807) is 6.20 Å². The molecule has 1 aromatic heterocycles.